The summed E-state index contributed by atoms with van der Waals surface area (Å²) in [5.41, 5.74) is 2.26. The lowest BCUT2D eigenvalue weighted by molar-refractivity contribution is 0.0702. The maximum absolute atomic E-state index is 10.8. The highest BCUT2D eigenvalue weighted by atomic mass is 32.1. The number of nitrogens with zero attached hydrogens (tertiary/aromatic N) is 2. The number of ether oxygens (including phenoxy) is 1. The van der Waals surface area contributed by atoms with Gasteiger partial charge in [-0.25, -0.2) is 9.78 Å². The molecule has 5 nitrogen and oxygen atoms in total. The summed E-state index contributed by atoms with van der Waals surface area (Å²) in [5, 5.41) is 9.56. The lowest BCUT2D eigenvalue weighted by Crippen LogP contribution is -2.36. The van der Waals surface area contributed by atoms with Gasteiger partial charge < -0.3 is 14.7 Å². The van der Waals surface area contributed by atoms with Crippen molar-refractivity contribution in [1.29, 1.82) is 0 Å². The molecule has 1 aromatic heterocycles. The van der Waals surface area contributed by atoms with Crippen LogP contribution in [0.25, 0.3) is 12.2 Å². The first-order valence-corrected chi connectivity index (χ1v) is 7.84. The van der Waals surface area contributed by atoms with E-state index in [1.165, 1.54) is 23.2 Å². The molecule has 2 aromatic rings. The third-order valence-corrected chi connectivity index (χ3v) is 4.37. The first-order valence-electron chi connectivity index (χ1n) is 7.02. The summed E-state index contributed by atoms with van der Waals surface area (Å²) in [6, 6.07) is 8.28. The van der Waals surface area contributed by atoms with Gasteiger partial charge in [0.2, 0.25) is 0 Å². The Morgan fingerprint density at radius 3 is 2.59 bits per heavy atom. The number of hydrogen-bond donors (Lipinski definition) is 1. The molecule has 22 heavy (non-hydrogen) atoms. The molecule has 1 aromatic carbocycles. The number of anilines is 1. The van der Waals surface area contributed by atoms with Gasteiger partial charge in [0.25, 0.3) is 0 Å². The van der Waals surface area contributed by atoms with Crippen LogP contribution in [0.5, 0.6) is 0 Å². The van der Waals surface area contributed by atoms with E-state index in [1.807, 2.05) is 24.3 Å². The molecule has 2 heterocycles. The number of aromatic nitrogens is 1. The van der Waals surface area contributed by atoms with E-state index in [0.717, 1.165) is 31.9 Å². The summed E-state index contributed by atoms with van der Waals surface area (Å²) in [6.45, 7) is 3.40. The van der Waals surface area contributed by atoms with Crippen molar-refractivity contribution in [1.82, 2.24) is 4.98 Å². The Kier molecular flexibility index (Phi) is 4.50. The van der Waals surface area contributed by atoms with Crippen LogP contribution >= 0.6 is 11.3 Å². The highest BCUT2D eigenvalue weighted by Crippen LogP contribution is 2.19. The first-order chi connectivity index (χ1) is 10.7. The largest absolute Gasteiger partial charge is 0.477 e. The number of carboxylic acids is 1. The van der Waals surface area contributed by atoms with Gasteiger partial charge in [-0.05, 0) is 23.8 Å². The number of morpholine rings is 1. The molecule has 6 heteroatoms. The van der Waals surface area contributed by atoms with Gasteiger partial charge in [0.05, 0.1) is 19.4 Å². The van der Waals surface area contributed by atoms with Crippen molar-refractivity contribution in [3.8, 4) is 0 Å². The Morgan fingerprint density at radius 1 is 1.23 bits per heavy atom. The molecule has 1 saturated heterocycles. The SMILES string of the molecule is O=C(O)c1cnc(/C=C\c2ccc(N3CCOCC3)cc2)s1. The normalized spacial score (nSPS) is 15.4. The second kappa shape index (κ2) is 6.72. The zero-order valence-corrected chi connectivity index (χ0v) is 12.8. The first kappa shape index (κ1) is 14.7. The lowest BCUT2D eigenvalue weighted by Gasteiger charge is -2.28. The fourth-order valence-electron chi connectivity index (χ4n) is 2.25. The molecule has 0 spiro atoms. The van der Waals surface area contributed by atoms with E-state index in [-0.39, 0.29) is 4.88 Å². The van der Waals surface area contributed by atoms with Crippen molar-refractivity contribution in [2.75, 3.05) is 31.2 Å². The number of aromatic carboxylic acids is 1. The minimum atomic E-state index is -0.938. The minimum absolute atomic E-state index is 0.252. The minimum Gasteiger partial charge on any atom is -0.477 e. The molecular formula is C16H16N2O3S. The van der Waals surface area contributed by atoms with Crippen LogP contribution in [0.15, 0.2) is 30.5 Å². The maximum Gasteiger partial charge on any atom is 0.347 e. The molecule has 1 aliphatic rings. The number of carboxylic acid groups (broad SMARTS) is 1. The summed E-state index contributed by atoms with van der Waals surface area (Å²) in [6.07, 6.45) is 5.16. The molecule has 0 saturated carbocycles. The maximum atomic E-state index is 10.8. The van der Waals surface area contributed by atoms with E-state index < -0.39 is 5.97 Å². The third kappa shape index (κ3) is 3.52. The molecule has 0 aliphatic carbocycles. The van der Waals surface area contributed by atoms with Gasteiger partial charge in [-0.1, -0.05) is 18.2 Å². The molecular weight excluding hydrogens is 300 g/mol. The second-order valence-corrected chi connectivity index (χ2v) is 5.95. The topological polar surface area (TPSA) is 62.7 Å². The zero-order valence-electron chi connectivity index (χ0n) is 11.9. The van der Waals surface area contributed by atoms with Gasteiger partial charge in [0.1, 0.15) is 9.88 Å². The monoisotopic (exact) mass is 316 g/mol. The van der Waals surface area contributed by atoms with Gasteiger partial charge >= 0.3 is 5.97 Å². The number of thiazole rings is 1. The lowest BCUT2D eigenvalue weighted by atomic mass is 10.2. The van der Waals surface area contributed by atoms with Gasteiger partial charge in [0, 0.05) is 18.8 Å². The molecule has 0 radical (unpaired) electrons. The number of benzene rings is 1. The van der Waals surface area contributed by atoms with Crippen molar-refractivity contribution in [3.05, 3.63) is 45.9 Å². The zero-order chi connectivity index (χ0) is 15.4. The summed E-state index contributed by atoms with van der Waals surface area (Å²) in [7, 11) is 0. The van der Waals surface area contributed by atoms with Crippen molar-refractivity contribution >= 4 is 35.1 Å². The van der Waals surface area contributed by atoms with Gasteiger partial charge in [-0.3, -0.25) is 0 Å². The Morgan fingerprint density at radius 2 is 1.95 bits per heavy atom. The Hall–Kier alpha value is -2.18. The summed E-state index contributed by atoms with van der Waals surface area (Å²) in [5.74, 6) is -0.938. The summed E-state index contributed by atoms with van der Waals surface area (Å²) in [4.78, 5) is 17.4. The van der Waals surface area contributed by atoms with Crippen LogP contribution in [0.4, 0.5) is 5.69 Å². The third-order valence-electron chi connectivity index (χ3n) is 3.42. The highest BCUT2D eigenvalue weighted by molar-refractivity contribution is 7.14. The van der Waals surface area contributed by atoms with Crippen molar-refractivity contribution in [2.45, 2.75) is 0 Å². The molecule has 0 unspecified atom stereocenters. The van der Waals surface area contributed by atoms with Crippen molar-refractivity contribution in [2.24, 2.45) is 0 Å². The predicted molar refractivity (Wildman–Crippen MR) is 87.5 cm³/mol. The molecule has 0 amide bonds. The van der Waals surface area contributed by atoms with Gasteiger partial charge in [0.15, 0.2) is 0 Å². The van der Waals surface area contributed by atoms with Crippen LogP contribution in [-0.4, -0.2) is 42.4 Å². The van der Waals surface area contributed by atoms with Crippen LogP contribution < -0.4 is 4.90 Å². The van der Waals surface area contributed by atoms with Crippen LogP contribution in [0.1, 0.15) is 20.2 Å². The Labute approximate surface area is 132 Å². The number of hydrogen-bond acceptors (Lipinski definition) is 5. The number of rotatable bonds is 4. The van der Waals surface area contributed by atoms with E-state index in [2.05, 4.69) is 22.0 Å². The van der Waals surface area contributed by atoms with Crippen LogP contribution in [0.2, 0.25) is 0 Å². The van der Waals surface area contributed by atoms with Crippen molar-refractivity contribution in [3.63, 3.8) is 0 Å². The quantitative estimate of drug-likeness (QED) is 0.940. The predicted octanol–water partition coefficient (Wildman–Crippen LogP) is 2.85. The Balaban J connectivity index is 1.67. The van der Waals surface area contributed by atoms with E-state index >= 15 is 0 Å². The molecule has 1 N–H and O–H groups in total. The standard InChI is InChI=1S/C16H16N2O3S/c19-16(20)14-11-17-15(22-14)6-3-12-1-4-13(5-2-12)18-7-9-21-10-8-18/h1-6,11H,7-10H2,(H,19,20)/b6-3-. The van der Waals surface area contributed by atoms with E-state index in [9.17, 15) is 4.79 Å². The molecule has 0 atom stereocenters. The van der Waals surface area contributed by atoms with Crippen molar-refractivity contribution < 1.29 is 14.6 Å². The summed E-state index contributed by atoms with van der Waals surface area (Å²) >= 11 is 1.17. The molecule has 1 aliphatic heterocycles. The highest BCUT2D eigenvalue weighted by Gasteiger charge is 2.10. The average molecular weight is 316 g/mol. The average Bonchev–Trinajstić information content (AvgIpc) is 3.04. The van der Waals surface area contributed by atoms with Gasteiger partial charge in [-0.15, -0.1) is 11.3 Å². The Bertz CT molecular complexity index is 673. The molecule has 0 bridgehead atoms. The second-order valence-electron chi connectivity index (χ2n) is 4.89. The molecule has 3 rings (SSSR count). The molecule has 1 fully saturated rings. The van der Waals surface area contributed by atoms with E-state index in [1.54, 1.807) is 0 Å². The smallest absolute Gasteiger partial charge is 0.347 e. The van der Waals surface area contributed by atoms with E-state index in [0.29, 0.717) is 5.01 Å². The fraction of sp³-hybridized carbons (Fsp3) is 0.250. The van der Waals surface area contributed by atoms with Crippen LogP contribution in [-0.2, 0) is 4.74 Å². The fourth-order valence-corrected chi connectivity index (χ4v) is 2.91. The molecule has 114 valence electrons. The van der Waals surface area contributed by atoms with Crippen LogP contribution in [0.3, 0.4) is 0 Å². The number of carbonyl (C=O) groups is 1. The van der Waals surface area contributed by atoms with Gasteiger partial charge in [-0.2, -0.15) is 0 Å². The summed E-state index contributed by atoms with van der Waals surface area (Å²) < 4.78 is 5.35. The van der Waals surface area contributed by atoms with Crippen LogP contribution in [0, 0.1) is 0 Å². The van der Waals surface area contributed by atoms with E-state index in [4.69, 9.17) is 9.84 Å².